The molecular formula is C17H17N3O2. The molecule has 2 aromatic heterocycles. The van der Waals surface area contributed by atoms with Gasteiger partial charge in [-0.05, 0) is 31.4 Å². The van der Waals surface area contributed by atoms with Gasteiger partial charge < -0.3 is 14.6 Å². The maximum Gasteiger partial charge on any atom is 0.270 e. The van der Waals surface area contributed by atoms with E-state index in [2.05, 4.69) is 21.1 Å². The molecule has 0 aliphatic carbocycles. The highest BCUT2D eigenvalue weighted by atomic mass is 16.3. The van der Waals surface area contributed by atoms with Gasteiger partial charge in [0.25, 0.3) is 5.91 Å². The molecule has 2 aromatic rings. The summed E-state index contributed by atoms with van der Waals surface area (Å²) >= 11 is 0. The van der Waals surface area contributed by atoms with E-state index >= 15 is 0 Å². The number of piperidine rings is 1. The molecule has 1 unspecified atom stereocenters. The summed E-state index contributed by atoms with van der Waals surface area (Å²) in [7, 11) is 0. The minimum atomic E-state index is -0.140. The van der Waals surface area contributed by atoms with Crippen LogP contribution >= 0.6 is 0 Å². The molecule has 112 valence electrons. The molecule has 22 heavy (non-hydrogen) atoms. The lowest BCUT2D eigenvalue weighted by Gasteiger charge is -2.30. The summed E-state index contributed by atoms with van der Waals surface area (Å²) in [6.45, 7) is 3.27. The quantitative estimate of drug-likeness (QED) is 0.856. The summed E-state index contributed by atoms with van der Waals surface area (Å²) in [6.07, 6.45) is 10.8. The third kappa shape index (κ3) is 2.26. The van der Waals surface area contributed by atoms with Crippen molar-refractivity contribution in [3.8, 4) is 12.3 Å². The summed E-state index contributed by atoms with van der Waals surface area (Å²) < 4.78 is 5.32. The summed E-state index contributed by atoms with van der Waals surface area (Å²) in [4.78, 5) is 19.0. The molecule has 2 aliphatic heterocycles. The van der Waals surface area contributed by atoms with Crippen molar-refractivity contribution < 1.29 is 9.21 Å². The number of hydrogen-bond donors (Lipinski definition) is 1. The van der Waals surface area contributed by atoms with Gasteiger partial charge >= 0.3 is 0 Å². The number of furan rings is 1. The molecule has 0 radical (unpaired) electrons. The van der Waals surface area contributed by atoms with E-state index in [-0.39, 0.29) is 11.9 Å². The zero-order valence-corrected chi connectivity index (χ0v) is 12.2. The summed E-state index contributed by atoms with van der Waals surface area (Å²) in [5.74, 6) is 3.14. The van der Waals surface area contributed by atoms with Gasteiger partial charge in [-0.2, -0.15) is 0 Å². The molecule has 0 saturated carbocycles. The Hall–Kier alpha value is -2.32. The van der Waals surface area contributed by atoms with Gasteiger partial charge in [0.2, 0.25) is 0 Å². The predicted molar refractivity (Wildman–Crippen MR) is 82.4 cm³/mol. The zero-order valence-electron chi connectivity index (χ0n) is 12.2. The lowest BCUT2D eigenvalue weighted by atomic mass is 9.97. The number of fused-ring (bicyclic) bond motifs is 3. The summed E-state index contributed by atoms with van der Waals surface area (Å²) in [6, 6.07) is 1.92. The fraction of sp³-hybridized carbons (Fsp3) is 0.412. The normalized spacial score (nSPS) is 26.8. The van der Waals surface area contributed by atoms with E-state index in [1.54, 1.807) is 12.3 Å². The van der Waals surface area contributed by atoms with Crippen LogP contribution in [0.2, 0.25) is 0 Å². The van der Waals surface area contributed by atoms with Crippen molar-refractivity contribution in [3.05, 3.63) is 29.8 Å². The van der Waals surface area contributed by atoms with E-state index in [9.17, 15) is 4.79 Å². The Labute approximate surface area is 128 Å². The highest BCUT2D eigenvalue weighted by Crippen LogP contribution is 2.27. The van der Waals surface area contributed by atoms with Crippen molar-refractivity contribution in [2.75, 3.05) is 19.6 Å². The van der Waals surface area contributed by atoms with E-state index in [4.69, 9.17) is 10.8 Å². The molecule has 3 atom stereocenters. The number of nitrogens with one attached hydrogen (secondary N) is 1. The Kier molecular flexibility index (Phi) is 3.12. The monoisotopic (exact) mass is 295 g/mol. The maximum absolute atomic E-state index is 12.4. The lowest BCUT2D eigenvalue weighted by molar-refractivity contribution is 0.0904. The third-order valence-corrected chi connectivity index (χ3v) is 4.65. The molecule has 1 amide bonds. The minimum absolute atomic E-state index is 0.140. The van der Waals surface area contributed by atoms with Crippen molar-refractivity contribution in [2.45, 2.75) is 18.9 Å². The van der Waals surface area contributed by atoms with E-state index in [0.29, 0.717) is 16.8 Å². The number of terminal acetylenes is 1. The molecule has 5 nitrogen and oxygen atoms in total. The third-order valence-electron chi connectivity index (χ3n) is 4.65. The Balaban J connectivity index is 1.54. The molecule has 5 heteroatoms. The number of aromatic nitrogens is 1. The first kappa shape index (κ1) is 13.4. The van der Waals surface area contributed by atoms with Crippen LogP contribution in [0.15, 0.2) is 22.9 Å². The second-order valence-electron chi connectivity index (χ2n) is 6.18. The van der Waals surface area contributed by atoms with Crippen LogP contribution in [0.3, 0.4) is 0 Å². The topological polar surface area (TPSA) is 58.4 Å². The number of hydrogen-bond acceptors (Lipinski definition) is 4. The first-order valence-corrected chi connectivity index (χ1v) is 7.60. The second-order valence-corrected chi connectivity index (χ2v) is 6.18. The number of carbonyl (C=O) groups is 1. The fourth-order valence-corrected chi connectivity index (χ4v) is 3.59. The van der Waals surface area contributed by atoms with Crippen molar-refractivity contribution in [1.29, 1.82) is 0 Å². The first-order chi connectivity index (χ1) is 10.7. The van der Waals surface area contributed by atoms with Crippen molar-refractivity contribution >= 4 is 16.9 Å². The lowest BCUT2D eigenvalue weighted by Crippen LogP contribution is -2.47. The highest BCUT2D eigenvalue weighted by molar-refractivity contribution is 5.96. The van der Waals surface area contributed by atoms with Gasteiger partial charge in [-0.1, -0.05) is 5.92 Å². The number of carbonyl (C=O) groups excluding carboxylic acids is 1. The van der Waals surface area contributed by atoms with Gasteiger partial charge in [0, 0.05) is 24.5 Å². The molecule has 0 aromatic carbocycles. The van der Waals surface area contributed by atoms with Gasteiger partial charge in [0.05, 0.1) is 11.8 Å². The van der Waals surface area contributed by atoms with Crippen molar-refractivity contribution in [2.24, 2.45) is 5.92 Å². The average molecular weight is 295 g/mol. The Bertz CT molecular complexity index is 762. The SMILES string of the molecule is C#Cc1coc2cnc(C(=O)N[C@@H]3C[C@H]4CCN(C4)C3)cc12. The second kappa shape index (κ2) is 5.15. The Morgan fingerprint density at radius 1 is 1.50 bits per heavy atom. The van der Waals surface area contributed by atoms with Gasteiger partial charge in [-0.15, -0.1) is 6.42 Å². The van der Waals surface area contributed by atoms with Crippen LogP contribution in [-0.2, 0) is 0 Å². The van der Waals surface area contributed by atoms with Crippen LogP contribution in [0.4, 0.5) is 0 Å². The van der Waals surface area contributed by atoms with Gasteiger partial charge in [-0.25, -0.2) is 4.98 Å². The fourth-order valence-electron chi connectivity index (χ4n) is 3.59. The van der Waals surface area contributed by atoms with E-state index in [0.717, 1.165) is 30.8 Å². The van der Waals surface area contributed by atoms with Crippen LogP contribution in [-0.4, -0.2) is 41.5 Å². The molecule has 0 spiro atoms. The van der Waals surface area contributed by atoms with E-state index < -0.39 is 0 Å². The Morgan fingerprint density at radius 3 is 3.23 bits per heavy atom. The molecule has 4 rings (SSSR count). The Morgan fingerprint density at radius 2 is 2.41 bits per heavy atom. The maximum atomic E-state index is 12.4. The average Bonchev–Trinajstić information content (AvgIpc) is 3.09. The van der Waals surface area contributed by atoms with Crippen LogP contribution in [0, 0.1) is 18.3 Å². The first-order valence-electron chi connectivity index (χ1n) is 7.60. The zero-order chi connectivity index (χ0) is 15.1. The smallest absolute Gasteiger partial charge is 0.270 e. The molecule has 2 bridgehead atoms. The van der Waals surface area contributed by atoms with Gasteiger partial charge in [0.1, 0.15) is 12.0 Å². The van der Waals surface area contributed by atoms with E-state index in [1.807, 2.05) is 0 Å². The molecular weight excluding hydrogens is 278 g/mol. The molecule has 4 heterocycles. The van der Waals surface area contributed by atoms with E-state index in [1.165, 1.54) is 19.2 Å². The number of rotatable bonds is 2. The molecule has 2 saturated heterocycles. The highest BCUT2D eigenvalue weighted by Gasteiger charge is 2.33. The standard InChI is InChI=1S/C17H17N3O2/c1-2-12-10-22-16-7-18-15(6-14(12)16)17(21)19-13-5-11-3-4-20(8-11)9-13/h1,6-7,10-11,13H,3-5,8-9H2,(H,19,21)/t11-,13-/m1/s1. The van der Waals surface area contributed by atoms with Crippen LogP contribution in [0.25, 0.3) is 11.0 Å². The molecule has 2 aliphatic rings. The number of amides is 1. The predicted octanol–water partition coefficient (Wildman–Crippen LogP) is 1.63. The largest absolute Gasteiger partial charge is 0.461 e. The van der Waals surface area contributed by atoms with Crippen LogP contribution < -0.4 is 5.32 Å². The molecule has 1 N–H and O–H groups in total. The van der Waals surface area contributed by atoms with Gasteiger partial charge in [-0.3, -0.25) is 4.79 Å². The summed E-state index contributed by atoms with van der Waals surface area (Å²) in [5.41, 5.74) is 1.64. The van der Waals surface area contributed by atoms with Crippen molar-refractivity contribution in [3.63, 3.8) is 0 Å². The number of pyridine rings is 1. The number of nitrogens with zero attached hydrogens (tertiary/aromatic N) is 2. The van der Waals surface area contributed by atoms with Crippen LogP contribution in [0.1, 0.15) is 28.9 Å². The minimum Gasteiger partial charge on any atom is -0.461 e. The van der Waals surface area contributed by atoms with Crippen LogP contribution in [0.5, 0.6) is 0 Å². The van der Waals surface area contributed by atoms with Crippen molar-refractivity contribution in [1.82, 2.24) is 15.2 Å². The summed E-state index contributed by atoms with van der Waals surface area (Å²) in [5, 5.41) is 3.86. The molecule has 2 fully saturated rings. The van der Waals surface area contributed by atoms with Gasteiger partial charge in [0.15, 0.2) is 5.58 Å².